The lowest BCUT2D eigenvalue weighted by atomic mass is 10.1. The van der Waals surface area contributed by atoms with E-state index in [0.717, 1.165) is 18.5 Å². The highest BCUT2D eigenvalue weighted by Gasteiger charge is 2.23. The van der Waals surface area contributed by atoms with E-state index in [1.165, 1.54) is 27.3 Å². The predicted octanol–water partition coefficient (Wildman–Crippen LogP) is 3.85. The van der Waals surface area contributed by atoms with Crippen LogP contribution < -0.4 is 11.1 Å². The Bertz CT molecular complexity index is 603. The summed E-state index contributed by atoms with van der Waals surface area (Å²) in [5.74, 6) is 0. The molecule has 0 saturated carbocycles. The molecule has 1 heterocycles. The van der Waals surface area contributed by atoms with Crippen molar-refractivity contribution in [2.45, 2.75) is 45.2 Å². The zero-order chi connectivity index (χ0) is 14.1. The molecule has 0 radical (unpaired) electrons. The number of nitrogens with one attached hydrogen (secondary N) is 1. The largest absolute Gasteiger partial charge is 0.399 e. The molecule has 106 valence electrons. The van der Waals surface area contributed by atoms with Crippen molar-refractivity contribution in [2.24, 2.45) is 0 Å². The fraction of sp³-hybridized carbons (Fsp3) is 0.412. The minimum Gasteiger partial charge on any atom is -0.399 e. The SMILES string of the molecule is Cc1ccc(CC(C)NC2CCc3cc(N)ccc32)s1. The maximum absolute atomic E-state index is 5.86. The second-order valence-corrected chi connectivity index (χ2v) is 7.21. The van der Waals surface area contributed by atoms with Gasteiger partial charge in [0, 0.05) is 27.5 Å². The highest BCUT2D eigenvalue weighted by Crippen LogP contribution is 2.33. The predicted molar refractivity (Wildman–Crippen MR) is 87.3 cm³/mol. The molecule has 0 aliphatic heterocycles. The summed E-state index contributed by atoms with van der Waals surface area (Å²) in [5, 5.41) is 3.78. The highest BCUT2D eigenvalue weighted by molar-refractivity contribution is 7.11. The number of rotatable bonds is 4. The van der Waals surface area contributed by atoms with Crippen LogP contribution in [0, 0.1) is 6.92 Å². The maximum atomic E-state index is 5.86. The van der Waals surface area contributed by atoms with Gasteiger partial charge >= 0.3 is 0 Å². The quantitative estimate of drug-likeness (QED) is 0.838. The number of nitrogens with two attached hydrogens (primary N) is 1. The van der Waals surface area contributed by atoms with E-state index in [1.807, 2.05) is 17.4 Å². The van der Waals surface area contributed by atoms with Crippen molar-refractivity contribution < 1.29 is 0 Å². The van der Waals surface area contributed by atoms with Crippen molar-refractivity contribution >= 4 is 17.0 Å². The normalized spacial score (nSPS) is 19.0. The Balaban J connectivity index is 1.65. The number of benzene rings is 1. The summed E-state index contributed by atoms with van der Waals surface area (Å²) < 4.78 is 0. The summed E-state index contributed by atoms with van der Waals surface area (Å²) in [6, 6.07) is 11.8. The first-order chi connectivity index (χ1) is 9.61. The van der Waals surface area contributed by atoms with Crippen LogP contribution in [-0.2, 0) is 12.8 Å². The van der Waals surface area contributed by atoms with Crippen molar-refractivity contribution in [1.82, 2.24) is 5.32 Å². The Morgan fingerprint density at radius 1 is 1.35 bits per heavy atom. The summed E-state index contributed by atoms with van der Waals surface area (Å²) in [4.78, 5) is 2.87. The number of anilines is 1. The third-order valence-electron chi connectivity index (χ3n) is 4.03. The number of fused-ring (bicyclic) bond motifs is 1. The van der Waals surface area contributed by atoms with Gasteiger partial charge in [-0.05, 0) is 68.5 Å². The van der Waals surface area contributed by atoms with Gasteiger partial charge in [0.1, 0.15) is 0 Å². The molecule has 2 aromatic rings. The first-order valence-electron chi connectivity index (χ1n) is 7.31. The molecule has 0 spiro atoms. The third kappa shape index (κ3) is 2.89. The molecule has 3 rings (SSSR count). The summed E-state index contributed by atoms with van der Waals surface area (Å²) in [6.45, 7) is 4.45. The summed E-state index contributed by atoms with van der Waals surface area (Å²) in [5.41, 5.74) is 9.60. The second-order valence-electron chi connectivity index (χ2n) is 5.83. The van der Waals surface area contributed by atoms with E-state index in [-0.39, 0.29) is 0 Å². The molecule has 2 unspecified atom stereocenters. The van der Waals surface area contributed by atoms with Crippen molar-refractivity contribution in [3.63, 3.8) is 0 Å². The van der Waals surface area contributed by atoms with E-state index < -0.39 is 0 Å². The molecule has 1 aromatic carbocycles. The first kappa shape index (κ1) is 13.7. The van der Waals surface area contributed by atoms with Crippen LogP contribution in [0.25, 0.3) is 0 Å². The van der Waals surface area contributed by atoms with Crippen LogP contribution in [0.5, 0.6) is 0 Å². The molecule has 2 nitrogen and oxygen atoms in total. The van der Waals surface area contributed by atoms with Crippen molar-refractivity contribution in [3.05, 3.63) is 51.2 Å². The van der Waals surface area contributed by atoms with E-state index in [4.69, 9.17) is 5.73 Å². The van der Waals surface area contributed by atoms with Gasteiger partial charge in [0.05, 0.1) is 0 Å². The van der Waals surface area contributed by atoms with Gasteiger partial charge in [-0.2, -0.15) is 0 Å². The molecule has 0 bridgehead atoms. The van der Waals surface area contributed by atoms with E-state index >= 15 is 0 Å². The van der Waals surface area contributed by atoms with Crippen LogP contribution in [0.1, 0.15) is 40.3 Å². The Morgan fingerprint density at radius 2 is 2.20 bits per heavy atom. The molecule has 0 amide bonds. The average molecular weight is 286 g/mol. The van der Waals surface area contributed by atoms with Crippen molar-refractivity contribution in [1.29, 1.82) is 0 Å². The van der Waals surface area contributed by atoms with Gasteiger partial charge in [0.2, 0.25) is 0 Å². The van der Waals surface area contributed by atoms with Crippen LogP contribution in [-0.4, -0.2) is 6.04 Å². The smallest absolute Gasteiger partial charge is 0.0328 e. The van der Waals surface area contributed by atoms with Gasteiger partial charge in [-0.25, -0.2) is 0 Å². The number of thiophene rings is 1. The maximum Gasteiger partial charge on any atom is 0.0328 e. The molecule has 3 heteroatoms. The molecule has 20 heavy (non-hydrogen) atoms. The Morgan fingerprint density at radius 3 is 2.95 bits per heavy atom. The summed E-state index contributed by atoms with van der Waals surface area (Å²) >= 11 is 1.91. The van der Waals surface area contributed by atoms with Crippen LogP contribution in [0.15, 0.2) is 30.3 Å². The molecule has 1 aliphatic rings. The number of nitrogen functional groups attached to an aromatic ring is 1. The van der Waals surface area contributed by atoms with Gasteiger partial charge < -0.3 is 11.1 Å². The van der Waals surface area contributed by atoms with E-state index in [2.05, 4.69) is 43.4 Å². The second kappa shape index (κ2) is 5.58. The lowest BCUT2D eigenvalue weighted by Gasteiger charge is -2.20. The van der Waals surface area contributed by atoms with Gasteiger partial charge in [-0.15, -0.1) is 11.3 Å². The standard InChI is InChI=1S/C17H22N2S/c1-11(9-15-6-3-12(2)20-15)19-17-8-4-13-10-14(18)5-7-16(13)17/h3,5-7,10-11,17,19H,4,8-9,18H2,1-2H3. The molecule has 1 aliphatic carbocycles. The monoisotopic (exact) mass is 286 g/mol. The van der Waals surface area contributed by atoms with Crippen molar-refractivity contribution in [3.8, 4) is 0 Å². The number of hydrogen-bond donors (Lipinski definition) is 2. The molecule has 3 N–H and O–H groups in total. The Kier molecular flexibility index (Phi) is 3.81. The van der Waals surface area contributed by atoms with Crippen molar-refractivity contribution in [2.75, 3.05) is 5.73 Å². The molecule has 1 aromatic heterocycles. The zero-order valence-electron chi connectivity index (χ0n) is 12.1. The minimum atomic E-state index is 0.488. The van der Waals surface area contributed by atoms with E-state index in [9.17, 15) is 0 Å². The Labute approximate surface area is 125 Å². The number of hydrogen-bond acceptors (Lipinski definition) is 3. The molecular formula is C17H22N2S. The molecule has 2 atom stereocenters. The van der Waals surface area contributed by atoms with Gasteiger partial charge in [0.15, 0.2) is 0 Å². The van der Waals surface area contributed by atoms with Crippen LogP contribution >= 0.6 is 11.3 Å². The first-order valence-corrected chi connectivity index (χ1v) is 8.13. The summed E-state index contributed by atoms with van der Waals surface area (Å²) in [6.07, 6.45) is 3.44. The zero-order valence-corrected chi connectivity index (χ0v) is 13.0. The highest BCUT2D eigenvalue weighted by atomic mass is 32.1. The molecule has 0 saturated heterocycles. The molecular weight excluding hydrogens is 264 g/mol. The van der Waals surface area contributed by atoms with Gasteiger partial charge in [-0.3, -0.25) is 0 Å². The van der Waals surface area contributed by atoms with Crippen LogP contribution in [0.2, 0.25) is 0 Å². The lowest BCUT2D eigenvalue weighted by Crippen LogP contribution is -2.30. The van der Waals surface area contributed by atoms with E-state index in [1.54, 1.807) is 0 Å². The fourth-order valence-electron chi connectivity index (χ4n) is 3.11. The van der Waals surface area contributed by atoms with Gasteiger partial charge in [-0.1, -0.05) is 6.07 Å². The third-order valence-corrected chi connectivity index (χ3v) is 5.06. The minimum absolute atomic E-state index is 0.488. The molecule has 0 fully saturated rings. The van der Waals surface area contributed by atoms with E-state index in [0.29, 0.717) is 12.1 Å². The number of aryl methyl sites for hydroxylation is 2. The lowest BCUT2D eigenvalue weighted by molar-refractivity contribution is 0.453. The van der Waals surface area contributed by atoms with Crippen LogP contribution in [0.4, 0.5) is 5.69 Å². The topological polar surface area (TPSA) is 38.0 Å². The van der Waals surface area contributed by atoms with Gasteiger partial charge in [0.25, 0.3) is 0 Å². The fourth-order valence-corrected chi connectivity index (χ4v) is 4.13. The Hall–Kier alpha value is -1.32. The average Bonchev–Trinajstić information content (AvgIpc) is 2.96. The summed E-state index contributed by atoms with van der Waals surface area (Å²) in [7, 11) is 0. The van der Waals surface area contributed by atoms with Crippen LogP contribution in [0.3, 0.4) is 0 Å².